The highest BCUT2D eigenvalue weighted by molar-refractivity contribution is 14.1. The number of rotatable bonds is 4. The SMILES string of the molecule is O=C(Cc1nc(CCl)cs1)Nc1ccc(F)cc1I. The van der Waals surface area contributed by atoms with E-state index in [2.05, 4.69) is 10.3 Å². The van der Waals surface area contributed by atoms with Crippen LogP contribution in [0.3, 0.4) is 0 Å². The molecule has 1 heterocycles. The predicted octanol–water partition coefficient (Wildman–Crippen LogP) is 3.81. The standard InChI is InChI=1S/C12H9ClFIN2OS/c13-5-8-6-19-12(16-8)4-11(18)17-10-2-1-7(14)3-9(10)15/h1-3,6H,4-5H2,(H,17,18). The Balaban J connectivity index is 2.01. The lowest BCUT2D eigenvalue weighted by Gasteiger charge is -2.06. The summed E-state index contributed by atoms with van der Waals surface area (Å²) in [4.78, 5) is 16.1. The molecular weight excluding hydrogens is 402 g/mol. The van der Waals surface area contributed by atoms with Crippen molar-refractivity contribution >= 4 is 57.1 Å². The van der Waals surface area contributed by atoms with Gasteiger partial charge >= 0.3 is 0 Å². The number of benzene rings is 1. The molecule has 0 aliphatic heterocycles. The van der Waals surface area contributed by atoms with Crippen molar-refractivity contribution in [3.8, 4) is 0 Å². The number of nitrogens with zero attached hydrogens (tertiary/aromatic N) is 1. The quantitative estimate of drug-likeness (QED) is 0.615. The van der Waals surface area contributed by atoms with Gasteiger partial charge in [0.2, 0.25) is 5.91 Å². The number of halogens is 3. The fourth-order valence-electron chi connectivity index (χ4n) is 1.41. The van der Waals surface area contributed by atoms with Crippen molar-refractivity contribution in [2.45, 2.75) is 12.3 Å². The van der Waals surface area contributed by atoms with Gasteiger partial charge < -0.3 is 5.32 Å². The summed E-state index contributed by atoms with van der Waals surface area (Å²) < 4.78 is 13.6. The fraction of sp³-hybridized carbons (Fsp3) is 0.167. The van der Waals surface area contributed by atoms with Crippen LogP contribution in [-0.2, 0) is 17.1 Å². The number of nitrogens with one attached hydrogen (secondary N) is 1. The molecule has 1 amide bonds. The number of hydrogen-bond acceptors (Lipinski definition) is 3. The molecule has 0 atom stereocenters. The monoisotopic (exact) mass is 410 g/mol. The van der Waals surface area contributed by atoms with Crippen molar-refractivity contribution in [1.82, 2.24) is 4.98 Å². The van der Waals surface area contributed by atoms with E-state index in [4.69, 9.17) is 11.6 Å². The van der Waals surface area contributed by atoms with Crippen LogP contribution in [0, 0.1) is 9.39 Å². The number of anilines is 1. The molecule has 0 spiro atoms. The first kappa shape index (κ1) is 14.7. The Morgan fingerprint density at radius 3 is 2.95 bits per heavy atom. The van der Waals surface area contributed by atoms with Crippen LogP contribution in [0.4, 0.5) is 10.1 Å². The van der Waals surface area contributed by atoms with Crippen molar-refractivity contribution in [3.05, 3.63) is 43.7 Å². The molecule has 0 aliphatic carbocycles. The number of alkyl halides is 1. The molecule has 1 aromatic carbocycles. The third-order valence-electron chi connectivity index (χ3n) is 2.25. The average molecular weight is 411 g/mol. The molecule has 2 rings (SSSR count). The first-order valence-corrected chi connectivity index (χ1v) is 7.82. The third-order valence-corrected chi connectivity index (χ3v) is 4.32. The topological polar surface area (TPSA) is 42.0 Å². The number of carbonyl (C=O) groups is 1. The van der Waals surface area contributed by atoms with Gasteiger partial charge in [0.25, 0.3) is 0 Å². The van der Waals surface area contributed by atoms with Gasteiger partial charge in [0, 0.05) is 8.95 Å². The molecule has 0 radical (unpaired) electrons. The number of hydrogen-bond donors (Lipinski definition) is 1. The Morgan fingerprint density at radius 1 is 1.53 bits per heavy atom. The summed E-state index contributed by atoms with van der Waals surface area (Å²) in [5.41, 5.74) is 1.37. The molecule has 7 heteroatoms. The Hall–Kier alpha value is -0.730. The summed E-state index contributed by atoms with van der Waals surface area (Å²) >= 11 is 9.03. The van der Waals surface area contributed by atoms with Crippen molar-refractivity contribution in [1.29, 1.82) is 0 Å². The van der Waals surface area contributed by atoms with E-state index >= 15 is 0 Å². The minimum atomic E-state index is -0.325. The number of aromatic nitrogens is 1. The number of thiazole rings is 1. The van der Waals surface area contributed by atoms with E-state index < -0.39 is 0 Å². The number of carbonyl (C=O) groups excluding carboxylic acids is 1. The van der Waals surface area contributed by atoms with Gasteiger partial charge in [-0.1, -0.05) is 0 Å². The zero-order valence-corrected chi connectivity index (χ0v) is 13.4. The van der Waals surface area contributed by atoms with Gasteiger partial charge in [-0.3, -0.25) is 4.79 Å². The van der Waals surface area contributed by atoms with Gasteiger partial charge in [0.1, 0.15) is 10.8 Å². The van der Waals surface area contributed by atoms with Crippen LogP contribution in [0.5, 0.6) is 0 Å². The van der Waals surface area contributed by atoms with E-state index in [9.17, 15) is 9.18 Å². The molecule has 0 aliphatic rings. The maximum Gasteiger partial charge on any atom is 0.231 e. The zero-order valence-electron chi connectivity index (χ0n) is 9.62. The molecule has 3 nitrogen and oxygen atoms in total. The Morgan fingerprint density at radius 2 is 2.32 bits per heavy atom. The highest BCUT2D eigenvalue weighted by atomic mass is 127. The summed E-state index contributed by atoms with van der Waals surface area (Å²) in [5, 5.41) is 5.28. The predicted molar refractivity (Wildman–Crippen MR) is 83.1 cm³/mol. The van der Waals surface area contributed by atoms with Gasteiger partial charge in [-0.25, -0.2) is 9.37 Å². The molecule has 1 N–H and O–H groups in total. The highest BCUT2D eigenvalue weighted by Crippen LogP contribution is 2.19. The molecule has 0 saturated heterocycles. The molecule has 2 aromatic rings. The second kappa shape index (κ2) is 6.62. The highest BCUT2D eigenvalue weighted by Gasteiger charge is 2.10. The van der Waals surface area contributed by atoms with Crippen molar-refractivity contribution in [2.24, 2.45) is 0 Å². The van der Waals surface area contributed by atoms with Crippen LogP contribution in [0.25, 0.3) is 0 Å². The lowest BCUT2D eigenvalue weighted by atomic mass is 10.3. The molecule has 0 saturated carbocycles. The van der Waals surface area contributed by atoms with E-state index in [0.29, 0.717) is 20.1 Å². The van der Waals surface area contributed by atoms with Crippen LogP contribution in [-0.4, -0.2) is 10.9 Å². The smallest absolute Gasteiger partial charge is 0.231 e. The van der Waals surface area contributed by atoms with Crippen LogP contribution in [0.2, 0.25) is 0 Å². The molecule has 19 heavy (non-hydrogen) atoms. The van der Waals surface area contributed by atoms with Gasteiger partial charge in [-0.05, 0) is 40.8 Å². The van der Waals surface area contributed by atoms with E-state index in [0.717, 1.165) is 5.69 Å². The molecular formula is C12H9ClFIN2OS. The largest absolute Gasteiger partial charge is 0.325 e. The summed E-state index contributed by atoms with van der Waals surface area (Å²) in [7, 11) is 0. The summed E-state index contributed by atoms with van der Waals surface area (Å²) in [6.07, 6.45) is 0.189. The van der Waals surface area contributed by atoms with Gasteiger partial charge in [0.05, 0.1) is 23.7 Å². The molecule has 0 unspecified atom stereocenters. The van der Waals surface area contributed by atoms with Crippen molar-refractivity contribution in [2.75, 3.05) is 5.32 Å². The normalized spacial score (nSPS) is 10.5. The van der Waals surface area contributed by atoms with Gasteiger partial charge in [0.15, 0.2) is 0 Å². The van der Waals surface area contributed by atoms with E-state index in [1.54, 1.807) is 6.07 Å². The first-order chi connectivity index (χ1) is 9.08. The fourth-order valence-corrected chi connectivity index (χ4v) is 3.05. The molecule has 1 aromatic heterocycles. The van der Waals surface area contributed by atoms with E-state index in [1.807, 2.05) is 28.0 Å². The van der Waals surface area contributed by atoms with Gasteiger partial charge in [-0.2, -0.15) is 0 Å². The Bertz CT molecular complexity index is 605. The first-order valence-electron chi connectivity index (χ1n) is 5.32. The molecule has 100 valence electrons. The Kier molecular flexibility index (Phi) is 5.12. The molecule has 0 fully saturated rings. The second-order valence-electron chi connectivity index (χ2n) is 3.72. The lowest BCUT2D eigenvalue weighted by Crippen LogP contribution is -2.15. The lowest BCUT2D eigenvalue weighted by molar-refractivity contribution is -0.115. The van der Waals surface area contributed by atoms with Crippen LogP contribution in [0.15, 0.2) is 23.6 Å². The second-order valence-corrected chi connectivity index (χ2v) is 6.09. The minimum Gasteiger partial charge on any atom is -0.325 e. The average Bonchev–Trinajstić information content (AvgIpc) is 2.80. The van der Waals surface area contributed by atoms with Crippen molar-refractivity contribution < 1.29 is 9.18 Å². The third kappa shape index (κ3) is 4.12. The number of amides is 1. The summed E-state index contributed by atoms with van der Waals surface area (Å²) in [6.45, 7) is 0. The van der Waals surface area contributed by atoms with Crippen LogP contribution in [0.1, 0.15) is 10.7 Å². The van der Waals surface area contributed by atoms with Gasteiger partial charge in [-0.15, -0.1) is 22.9 Å². The zero-order chi connectivity index (χ0) is 13.8. The van der Waals surface area contributed by atoms with Crippen LogP contribution < -0.4 is 5.32 Å². The van der Waals surface area contributed by atoms with E-state index in [1.165, 1.54) is 23.5 Å². The molecule has 0 bridgehead atoms. The maximum atomic E-state index is 12.9. The van der Waals surface area contributed by atoms with E-state index in [-0.39, 0.29) is 18.1 Å². The minimum absolute atomic E-state index is 0.181. The Labute approximate surface area is 132 Å². The maximum absolute atomic E-state index is 12.9. The van der Waals surface area contributed by atoms with Crippen molar-refractivity contribution in [3.63, 3.8) is 0 Å². The summed E-state index contributed by atoms with van der Waals surface area (Å²) in [5.74, 6) is -0.164. The summed E-state index contributed by atoms with van der Waals surface area (Å²) in [6, 6.07) is 4.22. The van der Waals surface area contributed by atoms with Crippen LogP contribution >= 0.6 is 45.5 Å².